The van der Waals surface area contributed by atoms with E-state index in [1.54, 1.807) is 4.57 Å². The van der Waals surface area contributed by atoms with Crippen molar-refractivity contribution in [3.05, 3.63) is 76.0 Å². The molecule has 2 atom stereocenters. The average molecular weight is 415 g/mol. The molecule has 2 aromatic heterocycles. The number of fused-ring (bicyclic) bond motifs is 3. The number of H-pyrrole nitrogens is 1. The van der Waals surface area contributed by atoms with Crippen LogP contribution in [0.4, 0.5) is 0 Å². The van der Waals surface area contributed by atoms with Gasteiger partial charge in [-0.05, 0) is 43.0 Å². The second-order valence-electron chi connectivity index (χ2n) is 8.94. The van der Waals surface area contributed by atoms with E-state index in [1.165, 1.54) is 0 Å². The Bertz CT molecular complexity index is 1370. The Morgan fingerprint density at radius 1 is 1.10 bits per heavy atom. The zero-order valence-corrected chi connectivity index (χ0v) is 18.0. The highest BCUT2D eigenvalue weighted by molar-refractivity contribution is 5.87. The highest BCUT2D eigenvalue weighted by atomic mass is 16.2. The molecule has 1 aliphatic rings. The molecule has 0 aliphatic carbocycles. The zero-order valence-electron chi connectivity index (χ0n) is 18.0. The Kier molecular flexibility index (Phi) is 4.65. The third kappa shape index (κ3) is 3.32. The Labute approximate surface area is 180 Å². The number of hydrogen-bond acceptors (Lipinski definition) is 3. The molecule has 0 spiro atoms. The summed E-state index contributed by atoms with van der Waals surface area (Å²) >= 11 is 0. The summed E-state index contributed by atoms with van der Waals surface area (Å²) in [4.78, 5) is 35.0. The lowest BCUT2D eigenvalue weighted by Crippen LogP contribution is -2.48. The van der Waals surface area contributed by atoms with Crippen LogP contribution in [-0.4, -0.2) is 20.4 Å². The summed E-state index contributed by atoms with van der Waals surface area (Å²) < 4.78 is 1.65. The van der Waals surface area contributed by atoms with E-state index in [2.05, 4.69) is 24.1 Å². The van der Waals surface area contributed by atoms with Gasteiger partial charge in [-0.2, -0.15) is 0 Å². The highest BCUT2D eigenvalue weighted by Gasteiger charge is 2.36. The standard InChI is InChI=1S/C25H26N4O2/c1-14(2)10-21-23-27-20-9-8-15(3)11-18(20)25(31)29(23)22(24(30)28-21)12-16-13-26-19-7-5-4-6-17(16)19/h4-9,11,13-14,21-22,26H,10,12H2,1-3H3,(H,28,30)/t21-,22?/m0/s1. The molecular weight excluding hydrogens is 388 g/mol. The summed E-state index contributed by atoms with van der Waals surface area (Å²) in [6.07, 6.45) is 3.09. The Morgan fingerprint density at radius 2 is 1.90 bits per heavy atom. The number of nitrogens with one attached hydrogen (secondary N) is 2. The van der Waals surface area contributed by atoms with Gasteiger partial charge in [-0.3, -0.25) is 14.2 Å². The Balaban J connectivity index is 1.69. The van der Waals surface area contributed by atoms with Gasteiger partial charge < -0.3 is 10.3 Å². The lowest BCUT2D eigenvalue weighted by atomic mass is 9.96. The van der Waals surface area contributed by atoms with Gasteiger partial charge in [0.05, 0.1) is 16.9 Å². The van der Waals surface area contributed by atoms with Crippen LogP contribution in [0.15, 0.2) is 53.5 Å². The largest absolute Gasteiger partial charge is 0.361 e. The molecule has 0 radical (unpaired) electrons. The van der Waals surface area contributed by atoms with E-state index >= 15 is 0 Å². The monoisotopic (exact) mass is 414 g/mol. The predicted molar refractivity (Wildman–Crippen MR) is 122 cm³/mol. The van der Waals surface area contributed by atoms with Crippen molar-refractivity contribution in [2.75, 3.05) is 0 Å². The van der Waals surface area contributed by atoms with Crippen molar-refractivity contribution in [3.8, 4) is 0 Å². The first kappa shape index (κ1) is 19.5. The van der Waals surface area contributed by atoms with Crippen molar-refractivity contribution in [1.82, 2.24) is 19.9 Å². The van der Waals surface area contributed by atoms with Gasteiger partial charge >= 0.3 is 0 Å². The third-order valence-corrected chi connectivity index (χ3v) is 6.12. The molecule has 2 aromatic carbocycles. The van der Waals surface area contributed by atoms with Gasteiger partial charge in [0, 0.05) is 23.5 Å². The van der Waals surface area contributed by atoms with E-state index in [-0.39, 0.29) is 17.5 Å². The van der Waals surface area contributed by atoms with Crippen LogP contribution in [0, 0.1) is 12.8 Å². The van der Waals surface area contributed by atoms with E-state index in [9.17, 15) is 9.59 Å². The molecule has 4 aromatic rings. The molecule has 1 unspecified atom stereocenters. The number of aryl methyl sites for hydroxylation is 1. The SMILES string of the molecule is Cc1ccc2nc3n(c(=O)c2c1)C(Cc1c[nH]c2ccccc12)C(=O)N[C@H]3CC(C)C. The molecule has 2 N–H and O–H groups in total. The average Bonchev–Trinajstić information content (AvgIpc) is 3.14. The van der Waals surface area contributed by atoms with Crippen LogP contribution in [0.1, 0.15) is 49.3 Å². The molecule has 0 saturated carbocycles. The van der Waals surface area contributed by atoms with Crippen molar-refractivity contribution in [2.24, 2.45) is 5.92 Å². The second kappa shape index (κ2) is 7.38. The Hall–Kier alpha value is -3.41. The minimum absolute atomic E-state index is 0.126. The minimum Gasteiger partial charge on any atom is -0.361 e. The van der Waals surface area contributed by atoms with Crippen molar-refractivity contribution in [3.63, 3.8) is 0 Å². The first-order valence-corrected chi connectivity index (χ1v) is 10.8. The number of carbonyl (C=O) groups excluding carboxylic acids is 1. The smallest absolute Gasteiger partial charge is 0.262 e. The molecule has 3 heterocycles. The molecule has 5 rings (SSSR count). The molecule has 6 heteroatoms. The molecular formula is C25H26N4O2. The number of amides is 1. The zero-order chi connectivity index (χ0) is 21.7. The number of benzene rings is 2. The predicted octanol–water partition coefficient (Wildman–Crippen LogP) is 4.19. The quantitative estimate of drug-likeness (QED) is 0.526. The van der Waals surface area contributed by atoms with E-state index < -0.39 is 6.04 Å². The van der Waals surface area contributed by atoms with Gasteiger partial charge in [0.15, 0.2) is 0 Å². The van der Waals surface area contributed by atoms with Crippen molar-refractivity contribution in [2.45, 2.75) is 45.7 Å². The van der Waals surface area contributed by atoms with Crippen LogP contribution in [0.25, 0.3) is 21.8 Å². The van der Waals surface area contributed by atoms with Gasteiger partial charge in [-0.15, -0.1) is 0 Å². The maximum atomic E-state index is 13.6. The molecule has 0 saturated heterocycles. The van der Waals surface area contributed by atoms with Gasteiger partial charge in [-0.25, -0.2) is 4.98 Å². The first-order chi connectivity index (χ1) is 14.9. The van der Waals surface area contributed by atoms with Crippen LogP contribution in [-0.2, 0) is 11.2 Å². The van der Waals surface area contributed by atoms with E-state index in [1.807, 2.05) is 55.6 Å². The molecule has 1 amide bonds. The van der Waals surface area contributed by atoms with Crippen LogP contribution >= 0.6 is 0 Å². The maximum Gasteiger partial charge on any atom is 0.262 e. The molecule has 1 aliphatic heterocycles. The molecule has 31 heavy (non-hydrogen) atoms. The van der Waals surface area contributed by atoms with Crippen LogP contribution in [0.2, 0.25) is 0 Å². The van der Waals surface area contributed by atoms with Gasteiger partial charge in [-0.1, -0.05) is 43.7 Å². The van der Waals surface area contributed by atoms with Crippen molar-refractivity contribution in [1.29, 1.82) is 0 Å². The van der Waals surface area contributed by atoms with E-state index in [0.717, 1.165) is 28.5 Å². The first-order valence-electron chi connectivity index (χ1n) is 10.8. The lowest BCUT2D eigenvalue weighted by Gasteiger charge is -2.33. The number of aromatic nitrogens is 3. The number of carbonyl (C=O) groups is 1. The third-order valence-electron chi connectivity index (χ3n) is 6.12. The lowest BCUT2D eigenvalue weighted by molar-refractivity contribution is -0.126. The summed E-state index contributed by atoms with van der Waals surface area (Å²) in [5.74, 6) is 0.883. The fourth-order valence-electron chi connectivity index (χ4n) is 4.66. The van der Waals surface area contributed by atoms with Crippen LogP contribution in [0.5, 0.6) is 0 Å². The van der Waals surface area contributed by atoms with E-state index in [0.29, 0.717) is 29.1 Å². The molecule has 6 nitrogen and oxygen atoms in total. The topological polar surface area (TPSA) is 79.8 Å². The number of rotatable bonds is 4. The molecule has 158 valence electrons. The molecule has 0 fully saturated rings. The van der Waals surface area contributed by atoms with Crippen LogP contribution in [0.3, 0.4) is 0 Å². The van der Waals surface area contributed by atoms with Gasteiger partial charge in [0.2, 0.25) is 5.91 Å². The highest BCUT2D eigenvalue weighted by Crippen LogP contribution is 2.31. The van der Waals surface area contributed by atoms with Gasteiger partial charge in [0.1, 0.15) is 11.9 Å². The van der Waals surface area contributed by atoms with Crippen molar-refractivity contribution >= 4 is 27.7 Å². The fourth-order valence-corrected chi connectivity index (χ4v) is 4.66. The number of aromatic amines is 1. The number of hydrogen-bond donors (Lipinski definition) is 2. The maximum absolute atomic E-state index is 13.6. The normalized spacial score (nSPS) is 18.5. The summed E-state index contributed by atoms with van der Waals surface area (Å²) in [5.41, 5.74) is 3.57. The summed E-state index contributed by atoms with van der Waals surface area (Å²) in [5, 5.41) is 4.78. The van der Waals surface area contributed by atoms with Gasteiger partial charge in [0.25, 0.3) is 5.56 Å². The second-order valence-corrected chi connectivity index (χ2v) is 8.94. The van der Waals surface area contributed by atoms with Crippen LogP contribution < -0.4 is 10.9 Å². The summed E-state index contributed by atoms with van der Waals surface area (Å²) in [6, 6.07) is 12.8. The Morgan fingerprint density at radius 3 is 2.71 bits per heavy atom. The van der Waals surface area contributed by atoms with E-state index in [4.69, 9.17) is 4.98 Å². The molecule has 0 bridgehead atoms. The summed E-state index contributed by atoms with van der Waals surface area (Å²) in [7, 11) is 0. The summed E-state index contributed by atoms with van der Waals surface area (Å²) in [6.45, 7) is 6.18. The minimum atomic E-state index is -0.637. The number of para-hydroxylation sites is 1. The number of nitrogens with zero attached hydrogens (tertiary/aromatic N) is 2. The fraction of sp³-hybridized carbons (Fsp3) is 0.320. The van der Waals surface area contributed by atoms with Crippen molar-refractivity contribution < 1.29 is 4.79 Å².